The Morgan fingerprint density at radius 2 is 1.77 bits per heavy atom. The summed E-state index contributed by atoms with van der Waals surface area (Å²) in [5.74, 6) is 0.136. The van der Waals surface area contributed by atoms with E-state index in [0.29, 0.717) is 19.4 Å². The van der Waals surface area contributed by atoms with Crippen molar-refractivity contribution in [1.29, 1.82) is 0 Å². The van der Waals surface area contributed by atoms with Crippen LogP contribution in [0.2, 0.25) is 15.1 Å². The van der Waals surface area contributed by atoms with Gasteiger partial charge in [-0.2, -0.15) is 8.42 Å². The van der Waals surface area contributed by atoms with Gasteiger partial charge in [0.1, 0.15) is 10.6 Å². The highest BCUT2D eigenvalue weighted by molar-refractivity contribution is 7.87. The standard InChI is InChI=1S/C21H22Cl3NO4S/c1-3-21(9-4-5-10-25(2)20(21)26)14-7-6-8-15(11-14)29-30(27,28)19-13-17(23)16(22)12-18(19)24/h6-8,11-13H,3-5,9-10H2,1-2H3. The molecular weight excluding hydrogens is 469 g/mol. The Balaban J connectivity index is 1.99. The number of halogens is 3. The van der Waals surface area contributed by atoms with E-state index in [9.17, 15) is 13.2 Å². The third-order valence-corrected chi connectivity index (χ3v) is 7.98. The maximum absolute atomic E-state index is 13.2. The summed E-state index contributed by atoms with van der Waals surface area (Å²) in [4.78, 5) is 14.6. The molecule has 2 aromatic carbocycles. The van der Waals surface area contributed by atoms with Gasteiger partial charge in [0.05, 0.1) is 20.5 Å². The summed E-state index contributed by atoms with van der Waals surface area (Å²) >= 11 is 17.9. The molecule has 0 N–H and O–H groups in total. The maximum atomic E-state index is 13.2. The number of likely N-dealkylation sites (tertiary alicyclic amines) is 1. The summed E-state index contributed by atoms with van der Waals surface area (Å²) in [7, 11) is -2.46. The molecule has 1 atom stereocenters. The topological polar surface area (TPSA) is 63.7 Å². The lowest BCUT2D eigenvalue weighted by atomic mass is 9.73. The van der Waals surface area contributed by atoms with E-state index in [0.717, 1.165) is 24.5 Å². The van der Waals surface area contributed by atoms with Crippen molar-refractivity contribution in [3.8, 4) is 5.75 Å². The summed E-state index contributed by atoms with van der Waals surface area (Å²) in [5, 5.41) is 0.101. The molecule has 1 unspecified atom stereocenters. The van der Waals surface area contributed by atoms with Crippen molar-refractivity contribution in [1.82, 2.24) is 4.90 Å². The number of nitrogens with zero attached hydrogens (tertiary/aromatic N) is 1. The molecule has 1 aliphatic heterocycles. The van der Waals surface area contributed by atoms with Crippen LogP contribution in [0.25, 0.3) is 0 Å². The molecule has 30 heavy (non-hydrogen) atoms. The average molecular weight is 491 g/mol. The minimum Gasteiger partial charge on any atom is -0.379 e. The van der Waals surface area contributed by atoms with Gasteiger partial charge in [-0.05, 0) is 49.1 Å². The van der Waals surface area contributed by atoms with Crippen molar-refractivity contribution in [3.63, 3.8) is 0 Å². The largest absolute Gasteiger partial charge is 0.379 e. The second kappa shape index (κ2) is 8.95. The van der Waals surface area contributed by atoms with E-state index < -0.39 is 15.5 Å². The lowest BCUT2D eigenvalue weighted by molar-refractivity contribution is -0.135. The van der Waals surface area contributed by atoms with Gasteiger partial charge >= 0.3 is 10.1 Å². The Kier molecular flexibility index (Phi) is 6.92. The molecule has 0 radical (unpaired) electrons. The second-order valence-electron chi connectivity index (χ2n) is 7.38. The molecular formula is C21H22Cl3NO4S. The monoisotopic (exact) mass is 489 g/mol. The van der Waals surface area contributed by atoms with Crippen LogP contribution >= 0.6 is 34.8 Å². The Hall–Kier alpha value is -1.47. The van der Waals surface area contributed by atoms with Crippen LogP contribution in [0.15, 0.2) is 41.3 Å². The number of hydrogen-bond acceptors (Lipinski definition) is 4. The van der Waals surface area contributed by atoms with E-state index in [4.69, 9.17) is 39.0 Å². The number of benzene rings is 2. The van der Waals surface area contributed by atoms with Crippen LogP contribution in [0.5, 0.6) is 5.75 Å². The highest BCUT2D eigenvalue weighted by atomic mass is 35.5. The van der Waals surface area contributed by atoms with Gasteiger partial charge in [0.2, 0.25) is 5.91 Å². The van der Waals surface area contributed by atoms with Gasteiger partial charge < -0.3 is 9.08 Å². The van der Waals surface area contributed by atoms with E-state index in [1.807, 2.05) is 13.0 Å². The molecule has 0 aromatic heterocycles. The van der Waals surface area contributed by atoms with Crippen molar-refractivity contribution in [3.05, 3.63) is 57.0 Å². The normalized spacial score (nSPS) is 20.2. The number of hydrogen-bond donors (Lipinski definition) is 0. The van der Waals surface area contributed by atoms with Crippen LogP contribution in [0.3, 0.4) is 0 Å². The van der Waals surface area contributed by atoms with Crippen molar-refractivity contribution >= 4 is 50.8 Å². The quantitative estimate of drug-likeness (QED) is 0.398. The van der Waals surface area contributed by atoms with E-state index in [1.54, 1.807) is 24.1 Å². The molecule has 2 aromatic rings. The predicted molar refractivity (Wildman–Crippen MR) is 119 cm³/mol. The summed E-state index contributed by atoms with van der Waals surface area (Å²) in [6.07, 6.45) is 3.14. The molecule has 1 fully saturated rings. The third-order valence-electron chi connectivity index (χ3n) is 5.54. The zero-order chi connectivity index (χ0) is 22.1. The zero-order valence-electron chi connectivity index (χ0n) is 16.6. The van der Waals surface area contributed by atoms with Crippen LogP contribution in [-0.2, 0) is 20.3 Å². The molecule has 0 spiro atoms. The van der Waals surface area contributed by atoms with Crippen LogP contribution < -0.4 is 4.18 Å². The van der Waals surface area contributed by atoms with Crippen molar-refractivity contribution in [2.45, 2.75) is 42.9 Å². The molecule has 0 saturated carbocycles. The number of carbonyl (C=O) groups excluding carboxylic acids is 1. The van der Waals surface area contributed by atoms with Gasteiger partial charge in [-0.3, -0.25) is 4.79 Å². The first-order valence-electron chi connectivity index (χ1n) is 9.56. The Morgan fingerprint density at radius 1 is 1.07 bits per heavy atom. The lowest BCUT2D eigenvalue weighted by Crippen LogP contribution is -2.43. The molecule has 1 saturated heterocycles. The van der Waals surface area contributed by atoms with Gasteiger partial charge in [0, 0.05) is 13.6 Å². The summed E-state index contributed by atoms with van der Waals surface area (Å²) in [6.45, 7) is 2.68. The molecule has 1 heterocycles. The number of amides is 1. The Morgan fingerprint density at radius 3 is 2.47 bits per heavy atom. The van der Waals surface area contributed by atoms with E-state index in [1.165, 1.54) is 12.1 Å². The first-order valence-corrected chi connectivity index (χ1v) is 12.1. The number of likely N-dealkylation sites (N-methyl/N-ethyl adjacent to an activating group) is 1. The summed E-state index contributed by atoms with van der Waals surface area (Å²) in [5.41, 5.74) is 0.0204. The average Bonchev–Trinajstić information content (AvgIpc) is 2.84. The lowest BCUT2D eigenvalue weighted by Gasteiger charge is -2.33. The second-order valence-corrected chi connectivity index (χ2v) is 10.1. The van der Waals surface area contributed by atoms with E-state index in [2.05, 4.69) is 0 Å². The highest BCUT2D eigenvalue weighted by Gasteiger charge is 2.41. The fourth-order valence-corrected chi connectivity index (χ4v) is 5.76. The zero-order valence-corrected chi connectivity index (χ0v) is 19.7. The van der Waals surface area contributed by atoms with Crippen molar-refractivity contribution in [2.24, 2.45) is 0 Å². The molecule has 5 nitrogen and oxygen atoms in total. The molecule has 0 aliphatic carbocycles. The Bertz CT molecular complexity index is 1070. The fourth-order valence-electron chi connectivity index (χ4n) is 3.86. The molecule has 9 heteroatoms. The predicted octanol–water partition coefficient (Wildman–Crippen LogP) is 5.70. The van der Waals surface area contributed by atoms with Crippen LogP contribution in [0.4, 0.5) is 0 Å². The number of carbonyl (C=O) groups is 1. The van der Waals surface area contributed by atoms with E-state index >= 15 is 0 Å². The van der Waals surface area contributed by atoms with E-state index in [-0.39, 0.29) is 31.6 Å². The van der Waals surface area contributed by atoms with Gasteiger partial charge in [-0.1, -0.05) is 60.3 Å². The SMILES string of the molecule is CCC1(c2cccc(OS(=O)(=O)c3cc(Cl)c(Cl)cc3Cl)c2)CCCCN(C)C1=O. The van der Waals surface area contributed by atoms with Gasteiger partial charge in [0.15, 0.2) is 0 Å². The fraction of sp³-hybridized carbons (Fsp3) is 0.381. The van der Waals surface area contributed by atoms with Gasteiger partial charge in [0.25, 0.3) is 0 Å². The maximum Gasteiger partial charge on any atom is 0.340 e. The molecule has 162 valence electrons. The summed E-state index contributed by atoms with van der Waals surface area (Å²) < 4.78 is 31.0. The Labute approximate surface area is 192 Å². The van der Waals surface area contributed by atoms with Crippen molar-refractivity contribution in [2.75, 3.05) is 13.6 Å². The number of rotatable bonds is 5. The van der Waals surface area contributed by atoms with Crippen LogP contribution in [0, 0.1) is 0 Å². The smallest absolute Gasteiger partial charge is 0.340 e. The first-order chi connectivity index (χ1) is 14.1. The molecule has 3 rings (SSSR count). The van der Waals surface area contributed by atoms with Gasteiger partial charge in [-0.25, -0.2) is 0 Å². The summed E-state index contributed by atoms with van der Waals surface area (Å²) in [6, 6.07) is 9.08. The van der Waals surface area contributed by atoms with Gasteiger partial charge in [-0.15, -0.1) is 0 Å². The minimum atomic E-state index is -4.26. The van der Waals surface area contributed by atoms with Crippen molar-refractivity contribution < 1.29 is 17.4 Å². The van der Waals surface area contributed by atoms with Crippen LogP contribution in [-0.4, -0.2) is 32.8 Å². The third kappa shape index (κ3) is 4.42. The molecule has 1 aliphatic rings. The molecule has 1 amide bonds. The first kappa shape index (κ1) is 23.2. The minimum absolute atomic E-state index is 0.0371. The highest BCUT2D eigenvalue weighted by Crippen LogP contribution is 2.39. The van der Waals surface area contributed by atoms with Crippen LogP contribution in [0.1, 0.15) is 38.2 Å². The molecule has 0 bridgehead atoms.